The van der Waals surface area contributed by atoms with Gasteiger partial charge in [-0.2, -0.15) is 4.31 Å². The third-order valence-corrected chi connectivity index (χ3v) is 8.61. The summed E-state index contributed by atoms with van der Waals surface area (Å²) in [5.41, 5.74) is 0. The van der Waals surface area contributed by atoms with E-state index in [4.69, 9.17) is 23.2 Å². The van der Waals surface area contributed by atoms with Gasteiger partial charge in [-0.05, 0) is 38.0 Å². The zero-order valence-electron chi connectivity index (χ0n) is 12.9. The van der Waals surface area contributed by atoms with E-state index in [0.717, 1.165) is 0 Å². The SMILES string of the molecule is CC[C@H](C)N([C@@H]1CCS(=O)(=O)C1)S(=O)(=O)c1ccc(Cl)c(Cl)c1. The lowest BCUT2D eigenvalue weighted by Gasteiger charge is -2.32. The fourth-order valence-electron chi connectivity index (χ4n) is 2.71. The Labute approximate surface area is 147 Å². The first-order chi connectivity index (χ1) is 10.6. The van der Waals surface area contributed by atoms with Crippen molar-refractivity contribution in [3.8, 4) is 0 Å². The fourth-order valence-corrected chi connectivity index (χ4v) is 6.82. The van der Waals surface area contributed by atoms with Crippen LogP contribution in [0.25, 0.3) is 0 Å². The lowest BCUT2D eigenvalue weighted by molar-refractivity contribution is 0.271. The van der Waals surface area contributed by atoms with Crippen LogP contribution in [-0.2, 0) is 19.9 Å². The van der Waals surface area contributed by atoms with Crippen LogP contribution in [0.2, 0.25) is 10.0 Å². The maximum atomic E-state index is 13.0. The van der Waals surface area contributed by atoms with Crippen LogP contribution in [0, 0.1) is 0 Å². The molecular formula is C14H19Cl2NO4S2. The number of sulfone groups is 1. The summed E-state index contributed by atoms with van der Waals surface area (Å²) in [4.78, 5) is 0.0245. The lowest BCUT2D eigenvalue weighted by atomic mass is 10.2. The molecule has 0 aromatic heterocycles. The predicted octanol–water partition coefficient (Wildman–Crippen LogP) is 2.97. The third kappa shape index (κ3) is 4.02. The minimum Gasteiger partial charge on any atom is -0.229 e. The van der Waals surface area contributed by atoms with E-state index in [1.165, 1.54) is 22.5 Å². The first kappa shape index (κ1) is 19.0. The zero-order chi connectivity index (χ0) is 17.4. The molecule has 0 aliphatic carbocycles. The van der Waals surface area contributed by atoms with Crippen molar-refractivity contribution in [2.45, 2.75) is 43.7 Å². The Morgan fingerprint density at radius 2 is 1.96 bits per heavy atom. The molecule has 0 bridgehead atoms. The van der Waals surface area contributed by atoms with Crippen LogP contribution < -0.4 is 0 Å². The number of sulfonamides is 1. The first-order valence-electron chi connectivity index (χ1n) is 7.27. The van der Waals surface area contributed by atoms with Gasteiger partial charge in [0.25, 0.3) is 0 Å². The molecule has 1 aliphatic rings. The molecule has 0 amide bonds. The molecule has 0 saturated carbocycles. The van der Waals surface area contributed by atoms with E-state index >= 15 is 0 Å². The second-order valence-corrected chi connectivity index (χ2v) is 10.6. The molecular weight excluding hydrogens is 381 g/mol. The first-order valence-corrected chi connectivity index (χ1v) is 11.3. The molecule has 1 saturated heterocycles. The average molecular weight is 400 g/mol. The maximum absolute atomic E-state index is 13.0. The van der Waals surface area contributed by atoms with Gasteiger partial charge in [0.05, 0.1) is 26.4 Å². The molecule has 130 valence electrons. The van der Waals surface area contributed by atoms with Gasteiger partial charge in [0.15, 0.2) is 9.84 Å². The topological polar surface area (TPSA) is 71.5 Å². The molecule has 23 heavy (non-hydrogen) atoms. The highest BCUT2D eigenvalue weighted by molar-refractivity contribution is 7.92. The highest BCUT2D eigenvalue weighted by Gasteiger charge is 2.40. The molecule has 0 radical (unpaired) electrons. The van der Waals surface area contributed by atoms with E-state index < -0.39 is 25.9 Å². The highest BCUT2D eigenvalue weighted by Crippen LogP contribution is 2.31. The van der Waals surface area contributed by atoms with Crippen molar-refractivity contribution in [1.29, 1.82) is 0 Å². The van der Waals surface area contributed by atoms with Crippen molar-refractivity contribution in [2.75, 3.05) is 11.5 Å². The number of halogens is 2. The van der Waals surface area contributed by atoms with Crippen LogP contribution >= 0.6 is 23.2 Å². The van der Waals surface area contributed by atoms with Gasteiger partial charge < -0.3 is 0 Å². The molecule has 0 N–H and O–H groups in total. The van der Waals surface area contributed by atoms with Crippen LogP contribution in [0.5, 0.6) is 0 Å². The van der Waals surface area contributed by atoms with Crippen molar-refractivity contribution in [1.82, 2.24) is 4.31 Å². The molecule has 0 spiro atoms. The molecule has 1 aromatic carbocycles. The predicted molar refractivity (Wildman–Crippen MR) is 92.3 cm³/mol. The molecule has 1 fully saturated rings. The smallest absolute Gasteiger partial charge is 0.229 e. The van der Waals surface area contributed by atoms with Gasteiger partial charge in [0, 0.05) is 12.1 Å². The Morgan fingerprint density at radius 1 is 1.30 bits per heavy atom. The van der Waals surface area contributed by atoms with Gasteiger partial charge in [0.2, 0.25) is 10.0 Å². The molecule has 2 atom stereocenters. The third-order valence-electron chi connectivity index (χ3n) is 4.06. The van der Waals surface area contributed by atoms with Crippen LogP contribution in [0.1, 0.15) is 26.7 Å². The van der Waals surface area contributed by atoms with Crippen LogP contribution in [0.4, 0.5) is 0 Å². The summed E-state index contributed by atoms with van der Waals surface area (Å²) in [5, 5.41) is 0.417. The van der Waals surface area contributed by atoms with E-state index in [2.05, 4.69) is 0 Å². The minimum atomic E-state index is -3.86. The van der Waals surface area contributed by atoms with Gasteiger partial charge in [-0.25, -0.2) is 16.8 Å². The molecule has 5 nitrogen and oxygen atoms in total. The standard InChI is InChI=1S/C14H19Cl2NO4S2/c1-3-10(2)17(11-6-7-22(18,19)9-11)23(20,21)12-4-5-13(15)14(16)8-12/h4-5,8,10-11H,3,6-7,9H2,1-2H3/t10-,11+/m0/s1. The van der Waals surface area contributed by atoms with Crippen LogP contribution in [0.3, 0.4) is 0 Å². The summed E-state index contributed by atoms with van der Waals surface area (Å²) in [6.45, 7) is 3.64. The Morgan fingerprint density at radius 3 is 2.43 bits per heavy atom. The Bertz CT molecular complexity index is 793. The summed E-state index contributed by atoms with van der Waals surface area (Å²) in [6.07, 6.45) is 0.893. The van der Waals surface area contributed by atoms with E-state index in [-0.39, 0.29) is 32.5 Å². The molecule has 2 rings (SSSR count). The summed E-state index contributed by atoms with van der Waals surface area (Å²) in [7, 11) is -7.05. The van der Waals surface area contributed by atoms with Gasteiger partial charge >= 0.3 is 0 Å². The van der Waals surface area contributed by atoms with Crippen LogP contribution in [0.15, 0.2) is 23.1 Å². The normalized spacial score (nSPS) is 22.4. The number of nitrogens with zero attached hydrogens (tertiary/aromatic N) is 1. The van der Waals surface area contributed by atoms with Gasteiger partial charge in [0.1, 0.15) is 0 Å². The monoisotopic (exact) mass is 399 g/mol. The van der Waals surface area contributed by atoms with Crippen LogP contribution in [-0.4, -0.2) is 44.7 Å². The van der Waals surface area contributed by atoms with E-state index in [1.54, 1.807) is 6.92 Å². The number of rotatable bonds is 5. The summed E-state index contributed by atoms with van der Waals surface area (Å²) in [6, 6.07) is 3.26. The maximum Gasteiger partial charge on any atom is 0.243 e. The average Bonchev–Trinajstić information content (AvgIpc) is 2.81. The van der Waals surface area contributed by atoms with E-state index in [1.807, 2.05) is 6.92 Å². The van der Waals surface area contributed by atoms with Gasteiger partial charge in [-0.1, -0.05) is 30.1 Å². The van der Waals surface area contributed by atoms with Crippen molar-refractivity contribution in [3.05, 3.63) is 28.2 Å². The largest absolute Gasteiger partial charge is 0.243 e. The van der Waals surface area contributed by atoms with Gasteiger partial charge in [-0.3, -0.25) is 0 Å². The van der Waals surface area contributed by atoms with Gasteiger partial charge in [-0.15, -0.1) is 0 Å². The molecule has 1 aliphatic heterocycles. The van der Waals surface area contributed by atoms with Crippen molar-refractivity contribution < 1.29 is 16.8 Å². The number of hydrogen-bond acceptors (Lipinski definition) is 4. The summed E-state index contributed by atoms with van der Waals surface area (Å²) in [5.74, 6) is -0.126. The molecule has 1 heterocycles. The molecule has 1 aromatic rings. The van der Waals surface area contributed by atoms with E-state index in [9.17, 15) is 16.8 Å². The van der Waals surface area contributed by atoms with Crippen molar-refractivity contribution in [3.63, 3.8) is 0 Å². The quantitative estimate of drug-likeness (QED) is 0.762. The molecule has 9 heteroatoms. The zero-order valence-corrected chi connectivity index (χ0v) is 16.0. The second kappa shape index (κ2) is 6.88. The second-order valence-electron chi connectivity index (χ2n) is 5.73. The van der Waals surface area contributed by atoms with E-state index in [0.29, 0.717) is 12.8 Å². The Hall–Kier alpha value is -0.340. The molecule has 0 unspecified atom stereocenters. The lowest BCUT2D eigenvalue weighted by Crippen LogP contribution is -2.46. The van der Waals surface area contributed by atoms with Crippen molar-refractivity contribution in [2.24, 2.45) is 0 Å². The summed E-state index contributed by atoms with van der Waals surface area (Å²) >= 11 is 11.8. The Balaban J connectivity index is 2.47. The number of benzene rings is 1. The fraction of sp³-hybridized carbons (Fsp3) is 0.571. The number of hydrogen-bond donors (Lipinski definition) is 0. The summed E-state index contributed by atoms with van der Waals surface area (Å²) < 4.78 is 50.9. The minimum absolute atomic E-state index is 0.0154. The van der Waals surface area contributed by atoms with Crippen molar-refractivity contribution >= 4 is 43.1 Å². The highest BCUT2D eigenvalue weighted by atomic mass is 35.5. The Kier molecular flexibility index (Phi) is 5.68.